The number of aryl methyl sites for hydroxylation is 2. The van der Waals surface area contributed by atoms with E-state index in [0.29, 0.717) is 0 Å². The Hall–Kier alpha value is -0.870. The average molecular weight is 223 g/mol. The fraction of sp³-hybridized carbons (Fsp3) is 0.750. The molecule has 1 saturated heterocycles. The third kappa shape index (κ3) is 2.13. The van der Waals surface area contributed by atoms with Gasteiger partial charge in [-0.2, -0.15) is 0 Å². The maximum absolute atomic E-state index is 5.21. The molecule has 0 spiro atoms. The standard InChI is InChI=1S/C12H21N3O/c1-9-11(10(2)16-14-9)7-15-6-5-13-8-12(15,3)4/h13H,5-8H2,1-4H3. The highest BCUT2D eigenvalue weighted by atomic mass is 16.5. The molecule has 4 nitrogen and oxygen atoms in total. The van der Waals surface area contributed by atoms with Gasteiger partial charge in [-0.3, -0.25) is 4.90 Å². The molecule has 0 aromatic carbocycles. The second-order valence-electron chi connectivity index (χ2n) is 5.21. The number of nitrogens with zero attached hydrogens (tertiary/aromatic N) is 2. The molecule has 1 aliphatic rings. The predicted molar refractivity (Wildman–Crippen MR) is 63.3 cm³/mol. The number of hydrogen-bond donors (Lipinski definition) is 1. The van der Waals surface area contributed by atoms with Gasteiger partial charge in [-0.05, 0) is 27.7 Å². The monoisotopic (exact) mass is 223 g/mol. The van der Waals surface area contributed by atoms with Crippen LogP contribution < -0.4 is 5.32 Å². The van der Waals surface area contributed by atoms with Gasteiger partial charge in [0.2, 0.25) is 0 Å². The zero-order valence-corrected chi connectivity index (χ0v) is 10.6. The molecule has 1 aromatic rings. The minimum absolute atomic E-state index is 0.203. The van der Waals surface area contributed by atoms with E-state index in [-0.39, 0.29) is 5.54 Å². The van der Waals surface area contributed by atoms with Crippen molar-refractivity contribution in [1.82, 2.24) is 15.4 Å². The van der Waals surface area contributed by atoms with Crippen LogP contribution in [0.2, 0.25) is 0 Å². The molecule has 0 amide bonds. The zero-order chi connectivity index (χ0) is 11.8. The van der Waals surface area contributed by atoms with E-state index in [1.54, 1.807) is 0 Å². The third-order valence-corrected chi connectivity index (χ3v) is 3.50. The van der Waals surface area contributed by atoms with E-state index in [9.17, 15) is 0 Å². The molecule has 0 saturated carbocycles. The Morgan fingerprint density at radius 2 is 2.19 bits per heavy atom. The smallest absolute Gasteiger partial charge is 0.138 e. The van der Waals surface area contributed by atoms with Crippen molar-refractivity contribution in [3.63, 3.8) is 0 Å². The molecule has 2 rings (SSSR count). The summed E-state index contributed by atoms with van der Waals surface area (Å²) in [7, 11) is 0. The summed E-state index contributed by atoms with van der Waals surface area (Å²) >= 11 is 0. The SMILES string of the molecule is Cc1noc(C)c1CN1CCNCC1(C)C. The molecule has 90 valence electrons. The lowest BCUT2D eigenvalue weighted by Crippen LogP contribution is -2.57. The normalized spacial score (nSPS) is 21.2. The molecule has 0 aliphatic carbocycles. The van der Waals surface area contributed by atoms with Crippen molar-refractivity contribution in [1.29, 1.82) is 0 Å². The zero-order valence-electron chi connectivity index (χ0n) is 10.6. The summed E-state index contributed by atoms with van der Waals surface area (Å²) in [6, 6.07) is 0. The summed E-state index contributed by atoms with van der Waals surface area (Å²) in [5, 5.41) is 7.45. The second-order valence-corrected chi connectivity index (χ2v) is 5.21. The van der Waals surface area contributed by atoms with Gasteiger partial charge in [-0.25, -0.2) is 0 Å². The molecular weight excluding hydrogens is 202 g/mol. The fourth-order valence-corrected chi connectivity index (χ4v) is 2.23. The van der Waals surface area contributed by atoms with Crippen molar-refractivity contribution in [2.45, 2.75) is 39.8 Å². The van der Waals surface area contributed by atoms with Gasteiger partial charge < -0.3 is 9.84 Å². The van der Waals surface area contributed by atoms with Crippen molar-refractivity contribution in [3.8, 4) is 0 Å². The van der Waals surface area contributed by atoms with Crippen molar-refractivity contribution < 1.29 is 4.52 Å². The van der Waals surface area contributed by atoms with E-state index >= 15 is 0 Å². The number of nitrogens with one attached hydrogen (secondary N) is 1. The number of hydrogen-bond acceptors (Lipinski definition) is 4. The summed E-state index contributed by atoms with van der Waals surface area (Å²) in [6.07, 6.45) is 0. The highest BCUT2D eigenvalue weighted by Crippen LogP contribution is 2.22. The summed E-state index contributed by atoms with van der Waals surface area (Å²) in [6.45, 7) is 12.7. The minimum Gasteiger partial charge on any atom is -0.361 e. The first kappa shape index (κ1) is 11.6. The van der Waals surface area contributed by atoms with Gasteiger partial charge in [0.15, 0.2) is 0 Å². The van der Waals surface area contributed by atoms with Gasteiger partial charge in [-0.15, -0.1) is 0 Å². The average Bonchev–Trinajstić information content (AvgIpc) is 2.52. The van der Waals surface area contributed by atoms with Crippen LogP contribution in [0.1, 0.15) is 30.9 Å². The molecule has 1 N–H and O–H groups in total. The fourth-order valence-electron chi connectivity index (χ4n) is 2.23. The Kier molecular flexibility index (Phi) is 3.04. The van der Waals surface area contributed by atoms with Crippen molar-refractivity contribution in [2.24, 2.45) is 0 Å². The van der Waals surface area contributed by atoms with Crippen molar-refractivity contribution in [2.75, 3.05) is 19.6 Å². The van der Waals surface area contributed by atoms with Gasteiger partial charge in [0.1, 0.15) is 5.76 Å². The first-order valence-corrected chi connectivity index (χ1v) is 5.88. The molecular formula is C12H21N3O. The summed E-state index contributed by atoms with van der Waals surface area (Å²) in [5.41, 5.74) is 2.47. The molecule has 0 radical (unpaired) electrons. The van der Waals surface area contributed by atoms with Crippen molar-refractivity contribution in [3.05, 3.63) is 17.0 Å². The van der Waals surface area contributed by atoms with E-state index < -0.39 is 0 Å². The molecule has 0 atom stereocenters. The van der Waals surface area contributed by atoms with E-state index in [1.807, 2.05) is 13.8 Å². The molecule has 1 aliphatic heterocycles. The van der Waals surface area contributed by atoms with Crippen molar-refractivity contribution >= 4 is 0 Å². The van der Waals surface area contributed by atoms with Crippen LogP contribution in [0.15, 0.2) is 4.52 Å². The van der Waals surface area contributed by atoms with Crippen LogP contribution in [-0.4, -0.2) is 35.2 Å². The van der Waals surface area contributed by atoms with Crippen LogP contribution in [0.4, 0.5) is 0 Å². The largest absolute Gasteiger partial charge is 0.361 e. The van der Waals surface area contributed by atoms with Gasteiger partial charge >= 0.3 is 0 Å². The maximum atomic E-state index is 5.21. The lowest BCUT2D eigenvalue weighted by atomic mass is 9.99. The van der Waals surface area contributed by atoms with Crippen LogP contribution in [0.3, 0.4) is 0 Å². The van der Waals surface area contributed by atoms with Gasteiger partial charge in [-0.1, -0.05) is 5.16 Å². The van der Waals surface area contributed by atoms with Gasteiger partial charge in [0.25, 0.3) is 0 Å². The van der Waals surface area contributed by atoms with Crippen LogP contribution in [0.25, 0.3) is 0 Å². The number of aromatic nitrogens is 1. The van der Waals surface area contributed by atoms with E-state index in [1.165, 1.54) is 5.56 Å². The van der Waals surface area contributed by atoms with Gasteiger partial charge in [0, 0.05) is 37.3 Å². The molecule has 16 heavy (non-hydrogen) atoms. The topological polar surface area (TPSA) is 41.3 Å². The predicted octanol–water partition coefficient (Wildman–Crippen LogP) is 1.48. The lowest BCUT2D eigenvalue weighted by molar-refractivity contribution is 0.0821. The maximum Gasteiger partial charge on any atom is 0.138 e. The minimum atomic E-state index is 0.203. The quantitative estimate of drug-likeness (QED) is 0.824. The molecule has 1 fully saturated rings. The number of piperazine rings is 1. The third-order valence-electron chi connectivity index (χ3n) is 3.50. The highest BCUT2D eigenvalue weighted by molar-refractivity contribution is 5.21. The Labute approximate surface area is 97.0 Å². The van der Waals surface area contributed by atoms with E-state index in [4.69, 9.17) is 4.52 Å². The van der Waals surface area contributed by atoms with E-state index in [2.05, 4.69) is 29.2 Å². The summed E-state index contributed by atoms with van der Waals surface area (Å²) in [5.74, 6) is 0.951. The molecule has 0 unspecified atom stereocenters. The molecule has 1 aromatic heterocycles. The van der Waals surface area contributed by atoms with E-state index in [0.717, 1.165) is 37.6 Å². The van der Waals surface area contributed by atoms with Crippen LogP contribution in [0.5, 0.6) is 0 Å². The van der Waals surface area contributed by atoms with Crippen LogP contribution in [0, 0.1) is 13.8 Å². The highest BCUT2D eigenvalue weighted by Gasteiger charge is 2.30. The van der Waals surface area contributed by atoms with Crippen LogP contribution in [-0.2, 0) is 6.54 Å². The van der Waals surface area contributed by atoms with Gasteiger partial charge in [0.05, 0.1) is 5.69 Å². The van der Waals surface area contributed by atoms with Crippen LogP contribution >= 0.6 is 0 Å². The Morgan fingerprint density at radius 1 is 1.44 bits per heavy atom. The lowest BCUT2D eigenvalue weighted by Gasteiger charge is -2.42. The summed E-state index contributed by atoms with van der Waals surface area (Å²) in [4.78, 5) is 2.50. The second kappa shape index (κ2) is 4.18. The molecule has 4 heteroatoms. The first-order chi connectivity index (χ1) is 7.50. The Bertz CT molecular complexity index is 351. The molecule has 2 heterocycles. The summed E-state index contributed by atoms with van der Waals surface area (Å²) < 4.78 is 5.21. The Morgan fingerprint density at radius 3 is 2.75 bits per heavy atom. The first-order valence-electron chi connectivity index (χ1n) is 5.88. The Balaban J connectivity index is 2.14. The molecule has 0 bridgehead atoms. The number of rotatable bonds is 2.